The molecule has 0 saturated carbocycles. The van der Waals surface area contributed by atoms with Crippen molar-refractivity contribution in [2.75, 3.05) is 0 Å². The highest BCUT2D eigenvalue weighted by Gasteiger charge is 2.14. The molecule has 1 aromatic rings. The van der Waals surface area contributed by atoms with Crippen molar-refractivity contribution in [3.63, 3.8) is 0 Å². The zero-order valence-corrected chi connectivity index (χ0v) is 9.33. The topological polar surface area (TPSA) is 62.0 Å². The van der Waals surface area contributed by atoms with Gasteiger partial charge in [0.1, 0.15) is 4.88 Å². The summed E-state index contributed by atoms with van der Waals surface area (Å²) < 4.78 is 0. The molecule has 0 radical (unpaired) electrons. The van der Waals surface area contributed by atoms with Gasteiger partial charge in [-0.05, 0) is 20.3 Å². The van der Waals surface area contributed by atoms with Crippen molar-refractivity contribution >= 4 is 17.2 Å². The number of carbonyl (C=O) groups excluding carboxylic acids is 1. The summed E-state index contributed by atoms with van der Waals surface area (Å²) in [5, 5.41) is 2.81. The first-order valence-electron chi connectivity index (χ1n) is 4.55. The molecule has 4 nitrogen and oxygen atoms in total. The largest absolute Gasteiger partial charge is 0.349 e. The molecule has 1 amide bonds. The predicted molar refractivity (Wildman–Crippen MR) is 56.9 cm³/mol. The van der Waals surface area contributed by atoms with E-state index in [1.54, 1.807) is 6.92 Å². The molecule has 1 rings (SSSR count). The van der Waals surface area contributed by atoms with Gasteiger partial charge in [-0.1, -0.05) is 18.3 Å². The minimum atomic E-state index is -0.184. The summed E-state index contributed by atoms with van der Waals surface area (Å²) in [7, 11) is 0. The molecule has 5 heteroatoms. The van der Waals surface area contributed by atoms with Crippen LogP contribution in [-0.2, 0) is 0 Å². The number of aromatic amines is 1. The van der Waals surface area contributed by atoms with Crippen molar-refractivity contribution in [3.8, 4) is 0 Å². The van der Waals surface area contributed by atoms with Gasteiger partial charge in [0.15, 0.2) is 0 Å². The maximum absolute atomic E-state index is 11.6. The molecule has 1 heterocycles. The van der Waals surface area contributed by atoms with Crippen LogP contribution in [0, 0.1) is 6.92 Å². The zero-order chi connectivity index (χ0) is 10.7. The maximum Gasteiger partial charge on any atom is 0.305 e. The van der Waals surface area contributed by atoms with Crippen LogP contribution < -0.4 is 10.2 Å². The Hall–Kier alpha value is -1.10. The van der Waals surface area contributed by atoms with Gasteiger partial charge in [-0.3, -0.25) is 9.59 Å². The fraction of sp³-hybridized carbons (Fsp3) is 0.556. The first-order valence-corrected chi connectivity index (χ1v) is 5.36. The van der Waals surface area contributed by atoms with Crippen LogP contribution in [0.3, 0.4) is 0 Å². The number of rotatable bonds is 3. The van der Waals surface area contributed by atoms with Gasteiger partial charge in [-0.15, -0.1) is 0 Å². The molecular formula is C9H14N2O2S. The van der Waals surface area contributed by atoms with Gasteiger partial charge in [-0.25, -0.2) is 0 Å². The second kappa shape index (κ2) is 4.41. The monoisotopic (exact) mass is 214 g/mol. The Morgan fingerprint density at radius 2 is 2.29 bits per heavy atom. The van der Waals surface area contributed by atoms with E-state index in [1.165, 1.54) is 0 Å². The molecule has 1 aromatic heterocycles. The van der Waals surface area contributed by atoms with E-state index >= 15 is 0 Å². The number of aromatic nitrogens is 1. The molecule has 0 aliphatic rings. The average Bonchev–Trinajstić information content (AvgIpc) is 2.45. The van der Waals surface area contributed by atoms with Crippen LogP contribution >= 0.6 is 11.3 Å². The van der Waals surface area contributed by atoms with Crippen molar-refractivity contribution < 1.29 is 4.79 Å². The summed E-state index contributed by atoms with van der Waals surface area (Å²) in [4.78, 5) is 25.4. The third kappa shape index (κ3) is 2.45. The second-order valence-corrected chi connectivity index (χ2v) is 4.23. The minimum Gasteiger partial charge on any atom is -0.349 e. The molecule has 1 atom stereocenters. The Balaban J connectivity index is 2.79. The number of thiazole rings is 1. The molecule has 0 saturated heterocycles. The molecule has 0 aliphatic heterocycles. The standard InChI is InChI=1S/C9H14N2O2S/c1-4-5(2)10-8(12)7-6(3)11-9(13)14-7/h5H,4H2,1-3H3,(H,10,12)(H,11,13). The Labute approximate surface area is 86.4 Å². The van der Waals surface area contributed by atoms with Crippen LogP contribution in [0.4, 0.5) is 0 Å². The number of H-pyrrole nitrogens is 1. The third-order valence-corrected chi connectivity index (χ3v) is 3.00. The summed E-state index contributed by atoms with van der Waals surface area (Å²) >= 11 is 0.952. The molecule has 14 heavy (non-hydrogen) atoms. The third-order valence-electron chi connectivity index (χ3n) is 2.02. The van der Waals surface area contributed by atoms with Gasteiger partial charge in [0, 0.05) is 11.7 Å². The number of nitrogens with one attached hydrogen (secondary N) is 2. The van der Waals surface area contributed by atoms with Gasteiger partial charge in [0.2, 0.25) is 0 Å². The molecule has 0 bridgehead atoms. The van der Waals surface area contributed by atoms with Gasteiger partial charge < -0.3 is 10.3 Å². The zero-order valence-electron chi connectivity index (χ0n) is 8.51. The lowest BCUT2D eigenvalue weighted by Crippen LogP contribution is -2.31. The number of aryl methyl sites for hydroxylation is 1. The van der Waals surface area contributed by atoms with E-state index in [-0.39, 0.29) is 16.8 Å². The van der Waals surface area contributed by atoms with Crippen molar-refractivity contribution in [2.24, 2.45) is 0 Å². The first kappa shape index (κ1) is 11.0. The van der Waals surface area contributed by atoms with E-state index in [0.29, 0.717) is 10.6 Å². The molecule has 2 N–H and O–H groups in total. The normalized spacial score (nSPS) is 12.5. The maximum atomic E-state index is 11.6. The van der Waals surface area contributed by atoms with Crippen LogP contribution in [0.15, 0.2) is 4.79 Å². The van der Waals surface area contributed by atoms with Gasteiger partial charge in [0.05, 0.1) is 0 Å². The Bertz CT molecular complexity index is 380. The number of carbonyl (C=O) groups is 1. The van der Waals surface area contributed by atoms with Crippen molar-refractivity contribution in [1.29, 1.82) is 0 Å². The van der Waals surface area contributed by atoms with Crippen molar-refractivity contribution in [2.45, 2.75) is 33.2 Å². The fourth-order valence-electron chi connectivity index (χ4n) is 1.01. The van der Waals surface area contributed by atoms with E-state index in [9.17, 15) is 9.59 Å². The summed E-state index contributed by atoms with van der Waals surface area (Å²) in [6, 6.07) is 0.138. The van der Waals surface area contributed by atoms with Crippen LogP contribution in [0.2, 0.25) is 0 Å². The molecule has 0 fully saturated rings. The van der Waals surface area contributed by atoms with Gasteiger partial charge >= 0.3 is 4.87 Å². The Morgan fingerprint density at radius 1 is 1.64 bits per heavy atom. The van der Waals surface area contributed by atoms with E-state index in [2.05, 4.69) is 10.3 Å². The molecule has 0 spiro atoms. The number of hydrogen-bond donors (Lipinski definition) is 2. The SMILES string of the molecule is CCC(C)NC(=O)c1sc(=O)[nH]c1C. The average molecular weight is 214 g/mol. The van der Waals surface area contributed by atoms with Crippen LogP contribution in [0.1, 0.15) is 35.6 Å². The van der Waals surface area contributed by atoms with Crippen molar-refractivity contribution in [1.82, 2.24) is 10.3 Å². The second-order valence-electron chi connectivity index (χ2n) is 3.25. The minimum absolute atomic E-state index is 0.138. The molecule has 78 valence electrons. The Kier molecular flexibility index (Phi) is 3.46. The van der Waals surface area contributed by atoms with E-state index in [1.807, 2.05) is 13.8 Å². The number of hydrogen-bond acceptors (Lipinski definition) is 3. The number of amides is 1. The van der Waals surface area contributed by atoms with Crippen molar-refractivity contribution in [3.05, 3.63) is 20.2 Å². The van der Waals surface area contributed by atoms with Crippen LogP contribution in [0.5, 0.6) is 0 Å². The lowest BCUT2D eigenvalue weighted by molar-refractivity contribution is 0.0942. The summed E-state index contributed by atoms with van der Waals surface area (Å²) in [5.41, 5.74) is 0.640. The van der Waals surface area contributed by atoms with Crippen LogP contribution in [0.25, 0.3) is 0 Å². The highest BCUT2D eigenvalue weighted by molar-refractivity contribution is 7.11. The summed E-state index contributed by atoms with van der Waals surface area (Å²) in [6.45, 7) is 5.66. The fourth-order valence-corrected chi connectivity index (χ4v) is 1.76. The first-order chi connectivity index (χ1) is 6.54. The van der Waals surface area contributed by atoms with Crippen LogP contribution in [-0.4, -0.2) is 16.9 Å². The molecule has 0 aliphatic carbocycles. The highest BCUT2D eigenvalue weighted by Crippen LogP contribution is 2.07. The quantitative estimate of drug-likeness (QED) is 0.796. The highest BCUT2D eigenvalue weighted by atomic mass is 32.1. The Morgan fingerprint density at radius 3 is 2.71 bits per heavy atom. The lowest BCUT2D eigenvalue weighted by Gasteiger charge is -2.09. The smallest absolute Gasteiger partial charge is 0.305 e. The predicted octanol–water partition coefficient (Wildman–Crippen LogP) is 1.27. The molecular weight excluding hydrogens is 200 g/mol. The molecule has 1 unspecified atom stereocenters. The summed E-state index contributed by atoms with van der Waals surface area (Å²) in [5.74, 6) is -0.166. The lowest BCUT2D eigenvalue weighted by atomic mass is 10.2. The summed E-state index contributed by atoms with van der Waals surface area (Å²) in [6.07, 6.45) is 0.879. The van der Waals surface area contributed by atoms with E-state index in [4.69, 9.17) is 0 Å². The van der Waals surface area contributed by atoms with Gasteiger partial charge in [-0.2, -0.15) is 0 Å². The van der Waals surface area contributed by atoms with Gasteiger partial charge in [0.25, 0.3) is 5.91 Å². The van der Waals surface area contributed by atoms with E-state index in [0.717, 1.165) is 17.8 Å². The van der Waals surface area contributed by atoms with E-state index < -0.39 is 0 Å². The molecule has 0 aromatic carbocycles.